The first-order chi connectivity index (χ1) is 7.59. The Hall–Kier alpha value is -1.00. The van der Waals surface area contributed by atoms with E-state index in [1.807, 2.05) is 0 Å². The van der Waals surface area contributed by atoms with Gasteiger partial charge < -0.3 is 0 Å². The summed E-state index contributed by atoms with van der Waals surface area (Å²) in [6.45, 7) is 1.58. The lowest BCUT2D eigenvalue weighted by atomic mass is 10.1. The topological polar surface area (TPSA) is 132 Å². The molecule has 0 bridgehead atoms. The molecular formula is C8H13N3O4S2. The second-order valence-corrected chi connectivity index (χ2v) is 6.39. The van der Waals surface area contributed by atoms with E-state index in [4.69, 9.17) is 10.3 Å². The molecule has 96 valence electrons. The van der Waals surface area contributed by atoms with Gasteiger partial charge in [-0.1, -0.05) is 12.1 Å². The minimum Gasteiger partial charge on any atom is -0.225 e. The summed E-state index contributed by atoms with van der Waals surface area (Å²) in [4.78, 5) is -0.0379. The van der Waals surface area contributed by atoms with Crippen LogP contribution in [-0.2, 0) is 20.2 Å². The molecule has 0 aromatic heterocycles. The van der Waals surface area contributed by atoms with Gasteiger partial charge in [0.2, 0.25) is 10.0 Å². The van der Waals surface area contributed by atoms with Crippen LogP contribution in [0.1, 0.15) is 18.5 Å². The maximum absolute atomic E-state index is 11.0. The van der Waals surface area contributed by atoms with Crippen LogP contribution < -0.4 is 15.0 Å². The minimum absolute atomic E-state index is 0.0379. The van der Waals surface area contributed by atoms with Crippen molar-refractivity contribution in [3.8, 4) is 0 Å². The molecule has 9 heteroatoms. The van der Waals surface area contributed by atoms with Crippen molar-refractivity contribution in [3.63, 3.8) is 0 Å². The van der Waals surface area contributed by atoms with Crippen molar-refractivity contribution in [1.82, 2.24) is 4.72 Å². The number of sulfonamides is 1. The SMILES string of the molecule is CC(NS(N)(=O)=O)c1ccc(S(N)(=O)=O)cc1. The fourth-order valence-electron chi connectivity index (χ4n) is 1.26. The number of primary sulfonamides is 1. The third-order valence-corrected chi connectivity index (χ3v) is 3.66. The average molecular weight is 279 g/mol. The summed E-state index contributed by atoms with van der Waals surface area (Å²) in [7, 11) is -7.55. The van der Waals surface area contributed by atoms with E-state index in [0.29, 0.717) is 5.56 Å². The maximum atomic E-state index is 11.0. The van der Waals surface area contributed by atoms with Crippen molar-refractivity contribution in [2.45, 2.75) is 17.9 Å². The van der Waals surface area contributed by atoms with E-state index in [-0.39, 0.29) is 4.90 Å². The molecule has 1 aromatic rings. The molecule has 0 amide bonds. The largest absolute Gasteiger partial charge is 0.274 e. The lowest BCUT2D eigenvalue weighted by Crippen LogP contribution is -2.32. The smallest absolute Gasteiger partial charge is 0.225 e. The van der Waals surface area contributed by atoms with E-state index in [1.54, 1.807) is 6.92 Å². The fourth-order valence-corrected chi connectivity index (χ4v) is 2.40. The molecule has 0 spiro atoms. The highest BCUT2D eigenvalue weighted by Crippen LogP contribution is 2.15. The molecule has 7 nitrogen and oxygen atoms in total. The van der Waals surface area contributed by atoms with E-state index in [2.05, 4.69) is 4.72 Å². The van der Waals surface area contributed by atoms with Crippen LogP contribution >= 0.6 is 0 Å². The summed E-state index contributed by atoms with van der Waals surface area (Å²) >= 11 is 0. The van der Waals surface area contributed by atoms with Gasteiger partial charge in [-0.15, -0.1) is 0 Å². The molecule has 1 aromatic carbocycles. The van der Waals surface area contributed by atoms with E-state index < -0.39 is 26.3 Å². The summed E-state index contributed by atoms with van der Waals surface area (Å²) in [5, 5.41) is 9.74. The Morgan fingerprint density at radius 1 is 1.06 bits per heavy atom. The predicted octanol–water partition coefficient (Wildman–Crippen LogP) is -0.812. The summed E-state index contributed by atoms with van der Waals surface area (Å²) in [6, 6.07) is 4.96. The molecule has 0 aliphatic rings. The maximum Gasteiger partial charge on any atom is 0.274 e. The number of rotatable bonds is 4. The summed E-state index contributed by atoms with van der Waals surface area (Å²) in [5.74, 6) is 0. The molecule has 0 radical (unpaired) electrons. The molecule has 5 N–H and O–H groups in total. The van der Waals surface area contributed by atoms with Crippen LogP contribution in [0.3, 0.4) is 0 Å². The molecule has 0 saturated heterocycles. The predicted molar refractivity (Wildman–Crippen MR) is 62.5 cm³/mol. The van der Waals surface area contributed by atoms with E-state index in [1.165, 1.54) is 24.3 Å². The highest BCUT2D eigenvalue weighted by Gasteiger charge is 2.13. The third kappa shape index (κ3) is 4.40. The van der Waals surface area contributed by atoms with Gasteiger partial charge in [0.05, 0.1) is 4.90 Å². The number of nitrogens with one attached hydrogen (secondary N) is 1. The van der Waals surface area contributed by atoms with Crippen LogP contribution in [0, 0.1) is 0 Å². The molecule has 17 heavy (non-hydrogen) atoms. The van der Waals surface area contributed by atoms with Gasteiger partial charge in [-0.05, 0) is 24.6 Å². The van der Waals surface area contributed by atoms with Crippen molar-refractivity contribution in [1.29, 1.82) is 0 Å². The molecule has 0 aliphatic heterocycles. The van der Waals surface area contributed by atoms with Crippen molar-refractivity contribution >= 4 is 20.2 Å². The number of nitrogens with two attached hydrogens (primary N) is 2. The Kier molecular flexibility index (Phi) is 3.89. The summed E-state index contributed by atoms with van der Waals surface area (Å²) < 4.78 is 45.7. The van der Waals surface area contributed by atoms with E-state index >= 15 is 0 Å². The fraction of sp³-hybridized carbons (Fsp3) is 0.250. The van der Waals surface area contributed by atoms with E-state index in [0.717, 1.165) is 0 Å². The van der Waals surface area contributed by atoms with Crippen LogP contribution in [0.5, 0.6) is 0 Å². The van der Waals surface area contributed by atoms with Gasteiger partial charge >= 0.3 is 0 Å². The number of hydrogen-bond donors (Lipinski definition) is 3. The third-order valence-electron chi connectivity index (χ3n) is 2.05. The lowest BCUT2D eigenvalue weighted by molar-refractivity contribution is 0.568. The summed E-state index contributed by atoms with van der Waals surface area (Å²) in [5.41, 5.74) is 0.575. The van der Waals surface area contributed by atoms with Gasteiger partial charge in [0.1, 0.15) is 0 Å². The average Bonchev–Trinajstić information content (AvgIpc) is 2.14. The first kappa shape index (κ1) is 14.1. The monoisotopic (exact) mass is 279 g/mol. The Morgan fingerprint density at radius 2 is 1.53 bits per heavy atom. The molecule has 1 rings (SSSR count). The zero-order chi connectivity index (χ0) is 13.3. The van der Waals surface area contributed by atoms with Crippen LogP contribution in [0.2, 0.25) is 0 Å². The van der Waals surface area contributed by atoms with Crippen LogP contribution in [0.4, 0.5) is 0 Å². The molecule has 0 saturated carbocycles. The molecule has 0 fully saturated rings. The van der Waals surface area contributed by atoms with Gasteiger partial charge in [-0.25, -0.2) is 18.7 Å². The first-order valence-corrected chi connectivity index (χ1v) is 7.62. The lowest BCUT2D eigenvalue weighted by Gasteiger charge is -2.12. The normalized spacial score (nSPS) is 14.5. The van der Waals surface area contributed by atoms with Crippen LogP contribution in [0.15, 0.2) is 29.2 Å². The van der Waals surface area contributed by atoms with Gasteiger partial charge in [0, 0.05) is 6.04 Å². The first-order valence-electron chi connectivity index (χ1n) is 4.52. The second-order valence-electron chi connectivity index (χ2n) is 3.50. The van der Waals surface area contributed by atoms with Crippen LogP contribution in [0.25, 0.3) is 0 Å². The van der Waals surface area contributed by atoms with E-state index in [9.17, 15) is 16.8 Å². The Balaban J connectivity index is 2.96. The number of hydrogen-bond acceptors (Lipinski definition) is 4. The van der Waals surface area contributed by atoms with Gasteiger partial charge in [0.25, 0.3) is 10.2 Å². The molecular weight excluding hydrogens is 266 g/mol. The molecule has 1 unspecified atom stereocenters. The quantitative estimate of drug-likeness (QED) is 0.664. The van der Waals surface area contributed by atoms with Gasteiger partial charge in [-0.2, -0.15) is 13.1 Å². The Bertz CT molecular complexity index is 592. The summed E-state index contributed by atoms with van der Waals surface area (Å²) in [6.07, 6.45) is 0. The van der Waals surface area contributed by atoms with Gasteiger partial charge in [-0.3, -0.25) is 0 Å². The van der Waals surface area contributed by atoms with Crippen molar-refractivity contribution in [3.05, 3.63) is 29.8 Å². The minimum atomic E-state index is -3.80. The van der Waals surface area contributed by atoms with Crippen LogP contribution in [-0.4, -0.2) is 16.8 Å². The standard InChI is InChI=1S/C8H13N3O4S2/c1-6(11-17(10,14)15)7-2-4-8(5-3-7)16(9,12)13/h2-6,11H,1H3,(H2,9,12,13)(H2,10,14,15). The highest BCUT2D eigenvalue weighted by molar-refractivity contribution is 7.89. The highest BCUT2D eigenvalue weighted by atomic mass is 32.2. The zero-order valence-corrected chi connectivity index (χ0v) is 10.6. The second kappa shape index (κ2) is 4.70. The molecule has 1 atom stereocenters. The van der Waals surface area contributed by atoms with Crippen molar-refractivity contribution < 1.29 is 16.8 Å². The Morgan fingerprint density at radius 3 is 1.88 bits per heavy atom. The van der Waals surface area contributed by atoms with Crippen molar-refractivity contribution in [2.24, 2.45) is 10.3 Å². The Labute approximate surface area is 100 Å². The zero-order valence-electron chi connectivity index (χ0n) is 8.99. The number of benzene rings is 1. The molecule has 0 aliphatic carbocycles. The van der Waals surface area contributed by atoms with Crippen molar-refractivity contribution in [2.75, 3.05) is 0 Å². The molecule has 0 heterocycles. The van der Waals surface area contributed by atoms with Gasteiger partial charge in [0.15, 0.2) is 0 Å².